The van der Waals surface area contributed by atoms with Gasteiger partial charge in [0.15, 0.2) is 5.76 Å². The van der Waals surface area contributed by atoms with Crippen LogP contribution in [0.5, 0.6) is 0 Å². The first-order valence-corrected chi connectivity index (χ1v) is 9.25. The van der Waals surface area contributed by atoms with Gasteiger partial charge in [-0.1, -0.05) is 6.07 Å². The van der Waals surface area contributed by atoms with Gasteiger partial charge in [-0.05, 0) is 44.0 Å². The molecule has 2 aliphatic rings. The number of carbonyl (C=O) groups excluding carboxylic acids is 1. The third-order valence-corrected chi connectivity index (χ3v) is 5.37. The number of piperidine rings is 1. The number of hydrogen-bond donors (Lipinski definition) is 0. The Morgan fingerprint density at radius 3 is 2.77 bits per heavy atom. The predicted molar refractivity (Wildman–Crippen MR) is 96.8 cm³/mol. The quantitative estimate of drug-likeness (QED) is 0.847. The number of aryl methyl sites for hydroxylation is 1. The zero-order valence-corrected chi connectivity index (χ0v) is 15.2. The first-order valence-electron chi connectivity index (χ1n) is 9.25. The molecule has 2 aliphatic heterocycles. The van der Waals surface area contributed by atoms with Crippen molar-refractivity contribution >= 4 is 5.91 Å². The Kier molecular flexibility index (Phi) is 4.78. The Bertz CT molecular complexity index is 751. The van der Waals surface area contributed by atoms with Crippen LogP contribution in [0.1, 0.15) is 34.8 Å². The van der Waals surface area contributed by atoms with E-state index in [2.05, 4.69) is 22.0 Å². The van der Waals surface area contributed by atoms with Crippen LogP contribution in [0.3, 0.4) is 0 Å². The van der Waals surface area contributed by atoms with Gasteiger partial charge in [0, 0.05) is 31.9 Å². The molecule has 2 aromatic rings. The highest BCUT2D eigenvalue weighted by Crippen LogP contribution is 2.31. The third kappa shape index (κ3) is 3.66. The number of morpholine rings is 1. The van der Waals surface area contributed by atoms with Crippen molar-refractivity contribution in [2.24, 2.45) is 0 Å². The minimum absolute atomic E-state index is 0.0379. The highest BCUT2D eigenvalue weighted by molar-refractivity contribution is 5.91. The molecule has 6 nitrogen and oxygen atoms in total. The molecule has 6 heteroatoms. The molecular formula is C20H25N3O3. The highest BCUT2D eigenvalue weighted by Gasteiger charge is 2.41. The van der Waals surface area contributed by atoms with E-state index in [1.165, 1.54) is 0 Å². The molecular weight excluding hydrogens is 330 g/mol. The molecule has 2 saturated heterocycles. The zero-order valence-electron chi connectivity index (χ0n) is 15.2. The zero-order chi connectivity index (χ0) is 18.0. The summed E-state index contributed by atoms with van der Waals surface area (Å²) in [6, 6.07) is 9.64. The average Bonchev–Trinajstić information content (AvgIpc) is 3.18. The smallest absolute Gasteiger partial charge is 0.289 e. The molecule has 2 aromatic heterocycles. The van der Waals surface area contributed by atoms with Crippen molar-refractivity contribution < 1.29 is 13.9 Å². The number of amides is 1. The van der Waals surface area contributed by atoms with Gasteiger partial charge in [0.05, 0.1) is 30.7 Å². The van der Waals surface area contributed by atoms with E-state index in [4.69, 9.17) is 9.15 Å². The van der Waals surface area contributed by atoms with Crippen LogP contribution in [0.2, 0.25) is 0 Å². The standard InChI is InChI=1S/C20H25N3O3/c1-16-4-2-5-17(21-16)14-22-9-7-20(8-10-22)15-23(11-13-26-20)19(24)18-6-3-12-25-18/h2-6,12H,7-11,13-15H2,1H3. The van der Waals surface area contributed by atoms with Gasteiger partial charge in [0.25, 0.3) is 5.91 Å². The van der Waals surface area contributed by atoms with Crippen molar-refractivity contribution in [3.63, 3.8) is 0 Å². The summed E-state index contributed by atoms with van der Waals surface area (Å²) in [4.78, 5) is 21.5. The number of likely N-dealkylation sites (tertiary alicyclic amines) is 1. The number of carbonyl (C=O) groups is 1. The summed E-state index contributed by atoms with van der Waals surface area (Å²) >= 11 is 0. The first kappa shape index (κ1) is 17.2. The van der Waals surface area contributed by atoms with Crippen LogP contribution in [0.25, 0.3) is 0 Å². The summed E-state index contributed by atoms with van der Waals surface area (Å²) in [5.41, 5.74) is 1.94. The van der Waals surface area contributed by atoms with Gasteiger partial charge >= 0.3 is 0 Å². The Morgan fingerprint density at radius 1 is 1.19 bits per heavy atom. The number of pyridine rings is 1. The molecule has 0 N–H and O–H groups in total. The van der Waals surface area contributed by atoms with Gasteiger partial charge in [0.2, 0.25) is 0 Å². The molecule has 1 amide bonds. The van der Waals surface area contributed by atoms with Crippen molar-refractivity contribution in [2.45, 2.75) is 31.9 Å². The highest BCUT2D eigenvalue weighted by atomic mass is 16.5. The van der Waals surface area contributed by atoms with Crippen molar-refractivity contribution in [2.75, 3.05) is 32.8 Å². The summed E-state index contributed by atoms with van der Waals surface area (Å²) in [5, 5.41) is 0. The molecule has 2 fully saturated rings. The minimum Gasteiger partial charge on any atom is -0.459 e. The van der Waals surface area contributed by atoms with Gasteiger partial charge in [-0.15, -0.1) is 0 Å². The summed E-state index contributed by atoms with van der Waals surface area (Å²) < 4.78 is 11.4. The second kappa shape index (κ2) is 7.21. The van der Waals surface area contributed by atoms with E-state index in [0.29, 0.717) is 25.5 Å². The molecule has 138 valence electrons. The van der Waals surface area contributed by atoms with Crippen LogP contribution in [-0.2, 0) is 11.3 Å². The second-order valence-corrected chi connectivity index (χ2v) is 7.28. The monoisotopic (exact) mass is 355 g/mol. The van der Waals surface area contributed by atoms with Crippen molar-refractivity contribution in [1.82, 2.24) is 14.8 Å². The topological polar surface area (TPSA) is 58.8 Å². The number of furan rings is 1. The van der Waals surface area contributed by atoms with E-state index >= 15 is 0 Å². The lowest BCUT2D eigenvalue weighted by atomic mass is 9.89. The molecule has 0 aliphatic carbocycles. The van der Waals surface area contributed by atoms with Crippen LogP contribution in [0.15, 0.2) is 41.0 Å². The fraction of sp³-hybridized carbons (Fsp3) is 0.500. The van der Waals surface area contributed by atoms with E-state index < -0.39 is 0 Å². The minimum atomic E-state index is -0.225. The predicted octanol–water partition coefficient (Wildman–Crippen LogP) is 2.49. The number of hydrogen-bond acceptors (Lipinski definition) is 5. The maximum Gasteiger partial charge on any atom is 0.289 e. The second-order valence-electron chi connectivity index (χ2n) is 7.28. The number of ether oxygens (including phenoxy) is 1. The molecule has 0 atom stereocenters. The maximum atomic E-state index is 12.6. The van der Waals surface area contributed by atoms with Gasteiger partial charge in [0.1, 0.15) is 0 Å². The van der Waals surface area contributed by atoms with E-state index in [0.717, 1.165) is 43.9 Å². The molecule has 26 heavy (non-hydrogen) atoms. The molecule has 0 bridgehead atoms. The van der Waals surface area contributed by atoms with E-state index in [1.807, 2.05) is 17.9 Å². The van der Waals surface area contributed by atoms with Gasteiger partial charge in [-0.3, -0.25) is 14.7 Å². The molecule has 1 spiro atoms. The fourth-order valence-electron chi connectivity index (χ4n) is 3.91. The molecule has 0 unspecified atom stereocenters. The van der Waals surface area contributed by atoms with Gasteiger partial charge in [-0.25, -0.2) is 0 Å². The lowest BCUT2D eigenvalue weighted by Crippen LogP contribution is -2.57. The molecule has 4 heterocycles. The molecule has 0 aromatic carbocycles. The SMILES string of the molecule is Cc1cccc(CN2CCC3(CC2)CN(C(=O)c2ccco2)CCO3)n1. The Morgan fingerprint density at radius 2 is 2.04 bits per heavy atom. The number of rotatable bonds is 3. The lowest BCUT2D eigenvalue weighted by Gasteiger charge is -2.47. The summed E-state index contributed by atoms with van der Waals surface area (Å²) in [7, 11) is 0. The van der Waals surface area contributed by atoms with Crippen LogP contribution in [0.4, 0.5) is 0 Å². The Hall–Kier alpha value is -2.18. The summed E-state index contributed by atoms with van der Waals surface area (Å²) in [6.45, 7) is 6.66. The van der Waals surface area contributed by atoms with Crippen molar-refractivity contribution in [3.05, 3.63) is 53.7 Å². The van der Waals surface area contributed by atoms with Crippen LogP contribution >= 0.6 is 0 Å². The van der Waals surface area contributed by atoms with Gasteiger partial charge < -0.3 is 14.1 Å². The number of nitrogens with zero attached hydrogens (tertiary/aromatic N) is 3. The normalized spacial score (nSPS) is 20.4. The first-order chi connectivity index (χ1) is 12.6. The summed E-state index contributed by atoms with van der Waals surface area (Å²) in [6.07, 6.45) is 3.41. The maximum absolute atomic E-state index is 12.6. The molecule has 4 rings (SSSR count). The fourth-order valence-corrected chi connectivity index (χ4v) is 3.91. The Labute approximate surface area is 153 Å². The van der Waals surface area contributed by atoms with Crippen molar-refractivity contribution in [3.8, 4) is 0 Å². The van der Waals surface area contributed by atoms with E-state index in [1.54, 1.807) is 18.4 Å². The average molecular weight is 355 g/mol. The largest absolute Gasteiger partial charge is 0.459 e. The van der Waals surface area contributed by atoms with Crippen LogP contribution in [-0.4, -0.2) is 59.1 Å². The third-order valence-electron chi connectivity index (χ3n) is 5.37. The van der Waals surface area contributed by atoms with Crippen LogP contribution < -0.4 is 0 Å². The molecule has 0 saturated carbocycles. The van der Waals surface area contributed by atoms with E-state index in [-0.39, 0.29) is 11.5 Å². The van der Waals surface area contributed by atoms with E-state index in [9.17, 15) is 4.79 Å². The summed E-state index contributed by atoms with van der Waals surface area (Å²) in [5.74, 6) is 0.370. The van der Waals surface area contributed by atoms with Gasteiger partial charge in [-0.2, -0.15) is 0 Å². The molecule has 0 radical (unpaired) electrons. The van der Waals surface area contributed by atoms with Crippen LogP contribution in [0, 0.1) is 6.92 Å². The lowest BCUT2D eigenvalue weighted by molar-refractivity contribution is -0.128. The number of aromatic nitrogens is 1. The van der Waals surface area contributed by atoms with Crippen molar-refractivity contribution in [1.29, 1.82) is 0 Å². The Balaban J connectivity index is 1.36.